The van der Waals surface area contributed by atoms with E-state index in [4.69, 9.17) is 9.84 Å². The van der Waals surface area contributed by atoms with Crippen LogP contribution in [0, 0.1) is 11.8 Å². The van der Waals surface area contributed by atoms with Gasteiger partial charge in [0.2, 0.25) is 0 Å². The van der Waals surface area contributed by atoms with Crippen LogP contribution >= 0.6 is 0 Å². The maximum atomic E-state index is 10.2. The molecule has 0 aromatic heterocycles. The monoisotopic (exact) mass is 218 g/mol. The first-order valence-electron chi connectivity index (χ1n) is 5.05. The molecule has 0 saturated carbocycles. The fourth-order valence-electron chi connectivity index (χ4n) is 1.11. The van der Waals surface area contributed by atoms with Crippen molar-refractivity contribution in [2.75, 3.05) is 0 Å². The summed E-state index contributed by atoms with van der Waals surface area (Å²) in [7, 11) is 0. The Morgan fingerprint density at radius 2 is 2.00 bits per heavy atom. The molecule has 1 rings (SSSR count). The average molecular weight is 218 g/mol. The zero-order valence-electron chi connectivity index (χ0n) is 9.36. The molecule has 16 heavy (non-hydrogen) atoms. The first-order chi connectivity index (χ1) is 7.58. The molecule has 3 heteroatoms. The number of hydrogen-bond donors (Lipinski definition) is 1. The van der Waals surface area contributed by atoms with Crippen LogP contribution in [0.15, 0.2) is 24.3 Å². The Balaban J connectivity index is 2.63. The van der Waals surface area contributed by atoms with E-state index in [1.807, 2.05) is 38.1 Å². The van der Waals surface area contributed by atoms with Gasteiger partial charge in [-0.3, -0.25) is 4.79 Å². The third kappa shape index (κ3) is 4.52. The van der Waals surface area contributed by atoms with Gasteiger partial charge in [0.1, 0.15) is 12.2 Å². The Kier molecular flexibility index (Phi) is 4.41. The normalized spacial score (nSPS) is 9.44. The zero-order valence-corrected chi connectivity index (χ0v) is 9.36. The number of carboxylic acids is 1. The van der Waals surface area contributed by atoms with Gasteiger partial charge in [0.05, 0.1) is 6.10 Å². The largest absolute Gasteiger partial charge is 0.491 e. The van der Waals surface area contributed by atoms with Gasteiger partial charge in [-0.1, -0.05) is 11.8 Å². The number of hydrogen-bond acceptors (Lipinski definition) is 2. The molecule has 0 unspecified atom stereocenters. The van der Waals surface area contributed by atoms with Crippen molar-refractivity contribution in [3.63, 3.8) is 0 Å². The highest BCUT2D eigenvalue weighted by Crippen LogP contribution is 2.13. The maximum absolute atomic E-state index is 10.2. The Hall–Kier alpha value is -1.95. The molecule has 0 radical (unpaired) electrons. The first kappa shape index (κ1) is 12.1. The summed E-state index contributed by atoms with van der Waals surface area (Å²) in [6, 6.07) is 7.27. The minimum absolute atomic E-state index is 0.135. The fourth-order valence-corrected chi connectivity index (χ4v) is 1.11. The Morgan fingerprint density at radius 1 is 1.38 bits per heavy atom. The van der Waals surface area contributed by atoms with Crippen LogP contribution < -0.4 is 4.74 Å². The van der Waals surface area contributed by atoms with E-state index in [1.165, 1.54) is 0 Å². The van der Waals surface area contributed by atoms with E-state index in [0.29, 0.717) is 0 Å². The molecule has 1 N–H and O–H groups in total. The standard InChI is InChI=1S/C13H14O3/c1-10(2)16-12-8-6-11(7-9-12)4-3-5-13(14)15/h6-10H,5H2,1-2H3,(H,14,15). The highest BCUT2D eigenvalue weighted by atomic mass is 16.5. The second-order valence-corrected chi connectivity index (χ2v) is 3.56. The summed E-state index contributed by atoms with van der Waals surface area (Å²) in [6.45, 7) is 3.92. The average Bonchev–Trinajstić information content (AvgIpc) is 2.19. The molecule has 3 nitrogen and oxygen atoms in total. The van der Waals surface area contributed by atoms with Gasteiger partial charge >= 0.3 is 5.97 Å². The van der Waals surface area contributed by atoms with Gasteiger partial charge in [-0.15, -0.1) is 0 Å². The second-order valence-electron chi connectivity index (χ2n) is 3.56. The quantitative estimate of drug-likeness (QED) is 0.792. The predicted octanol–water partition coefficient (Wildman–Crippen LogP) is 2.30. The minimum Gasteiger partial charge on any atom is -0.491 e. The van der Waals surface area contributed by atoms with Crippen molar-refractivity contribution in [1.29, 1.82) is 0 Å². The third-order valence-corrected chi connectivity index (χ3v) is 1.70. The summed E-state index contributed by atoms with van der Waals surface area (Å²) in [5.74, 6) is 5.22. The Morgan fingerprint density at radius 3 is 2.50 bits per heavy atom. The summed E-state index contributed by atoms with van der Waals surface area (Å²) >= 11 is 0. The van der Waals surface area contributed by atoms with Crippen LogP contribution in [-0.4, -0.2) is 17.2 Å². The van der Waals surface area contributed by atoms with Gasteiger partial charge < -0.3 is 9.84 Å². The van der Waals surface area contributed by atoms with E-state index in [0.717, 1.165) is 11.3 Å². The lowest BCUT2D eigenvalue weighted by Gasteiger charge is -2.08. The molecule has 0 saturated heterocycles. The minimum atomic E-state index is -0.910. The van der Waals surface area contributed by atoms with E-state index in [1.54, 1.807) is 0 Å². The topological polar surface area (TPSA) is 46.5 Å². The Bertz CT molecular complexity index is 407. The molecule has 0 atom stereocenters. The van der Waals surface area contributed by atoms with Gasteiger partial charge in [-0.2, -0.15) is 0 Å². The lowest BCUT2D eigenvalue weighted by Crippen LogP contribution is -2.05. The SMILES string of the molecule is CC(C)Oc1ccc(C#CCC(=O)O)cc1. The first-order valence-corrected chi connectivity index (χ1v) is 5.05. The van der Waals surface area contributed by atoms with Gasteiger partial charge in [0, 0.05) is 5.56 Å². The van der Waals surface area contributed by atoms with Crippen LogP contribution in [0.2, 0.25) is 0 Å². The van der Waals surface area contributed by atoms with Gasteiger partial charge in [0.25, 0.3) is 0 Å². The summed E-state index contributed by atoms with van der Waals surface area (Å²) in [6.07, 6.45) is 0.00786. The van der Waals surface area contributed by atoms with Crippen LogP contribution in [0.4, 0.5) is 0 Å². The predicted molar refractivity (Wildman–Crippen MR) is 61.3 cm³/mol. The number of ether oxygens (including phenoxy) is 1. The molecule has 1 aromatic carbocycles. The third-order valence-electron chi connectivity index (χ3n) is 1.70. The van der Waals surface area contributed by atoms with Crippen LogP contribution in [0.3, 0.4) is 0 Å². The molecule has 0 aliphatic rings. The fraction of sp³-hybridized carbons (Fsp3) is 0.308. The van der Waals surface area contributed by atoms with E-state index >= 15 is 0 Å². The molecule has 84 valence electrons. The summed E-state index contributed by atoms with van der Waals surface area (Å²) in [5.41, 5.74) is 0.789. The van der Waals surface area contributed by atoms with Crippen molar-refractivity contribution in [3.05, 3.63) is 29.8 Å². The zero-order chi connectivity index (χ0) is 12.0. The van der Waals surface area contributed by atoms with Crippen LogP contribution in [0.5, 0.6) is 5.75 Å². The highest BCUT2D eigenvalue weighted by Gasteiger charge is 1.96. The van der Waals surface area contributed by atoms with E-state index in [2.05, 4.69) is 11.8 Å². The molecule has 0 heterocycles. The van der Waals surface area contributed by atoms with E-state index in [9.17, 15) is 4.79 Å². The molecule has 0 spiro atoms. The number of carbonyl (C=O) groups is 1. The molecule has 0 aliphatic carbocycles. The number of aliphatic carboxylic acids is 1. The number of benzene rings is 1. The van der Waals surface area contributed by atoms with Crippen molar-refractivity contribution in [2.45, 2.75) is 26.4 Å². The molecule has 0 fully saturated rings. The number of carboxylic acid groups (broad SMARTS) is 1. The summed E-state index contributed by atoms with van der Waals surface area (Å²) in [5, 5.41) is 8.41. The molecule has 0 aliphatic heterocycles. The Labute approximate surface area is 95.1 Å². The van der Waals surface area contributed by atoms with Gasteiger partial charge in [-0.25, -0.2) is 0 Å². The molecular weight excluding hydrogens is 204 g/mol. The van der Waals surface area contributed by atoms with Crippen molar-refractivity contribution in [1.82, 2.24) is 0 Å². The molecule has 0 bridgehead atoms. The summed E-state index contributed by atoms with van der Waals surface area (Å²) in [4.78, 5) is 10.2. The van der Waals surface area contributed by atoms with Crippen LogP contribution in [0.1, 0.15) is 25.8 Å². The van der Waals surface area contributed by atoms with E-state index in [-0.39, 0.29) is 12.5 Å². The summed E-state index contributed by atoms with van der Waals surface area (Å²) < 4.78 is 5.47. The van der Waals surface area contributed by atoms with Crippen molar-refractivity contribution in [2.24, 2.45) is 0 Å². The smallest absolute Gasteiger partial charge is 0.315 e. The van der Waals surface area contributed by atoms with Gasteiger partial charge in [0.15, 0.2) is 0 Å². The van der Waals surface area contributed by atoms with Crippen molar-refractivity contribution < 1.29 is 14.6 Å². The molecule has 0 amide bonds. The van der Waals surface area contributed by atoms with Crippen molar-refractivity contribution >= 4 is 5.97 Å². The van der Waals surface area contributed by atoms with Crippen LogP contribution in [0.25, 0.3) is 0 Å². The lowest BCUT2D eigenvalue weighted by molar-refractivity contribution is -0.135. The van der Waals surface area contributed by atoms with Crippen molar-refractivity contribution in [3.8, 4) is 17.6 Å². The highest BCUT2D eigenvalue weighted by molar-refractivity contribution is 5.70. The van der Waals surface area contributed by atoms with Gasteiger partial charge in [-0.05, 0) is 38.1 Å². The molecular formula is C13H14O3. The molecule has 1 aromatic rings. The maximum Gasteiger partial charge on any atom is 0.315 e. The lowest BCUT2D eigenvalue weighted by atomic mass is 10.2. The second kappa shape index (κ2) is 5.82. The number of rotatable bonds is 3. The van der Waals surface area contributed by atoms with E-state index < -0.39 is 5.97 Å². The van der Waals surface area contributed by atoms with Crippen LogP contribution in [-0.2, 0) is 4.79 Å².